The Hall–Kier alpha value is -7.06. The van der Waals surface area contributed by atoms with E-state index in [9.17, 15) is 49.5 Å². The fourth-order valence-corrected chi connectivity index (χ4v) is 10.9. The highest BCUT2D eigenvalue weighted by Gasteiger charge is 2.51. The first-order chi connectivity index (χ1) is 33.9. The first kappa shape index (κ1) is 47.6. The van der Waals surface area contributed by atoms with Crippen LogP contribution in [0.25, 0.3) is 21.7 Å². The van der Waals surface area contributed by atoms with Crippen molar-refractivity contribution in [3.05, 3.63) is 117 Å². The van der Waals surface area contributed by atoms with Crippen molar-refractivity contribution in [3.8, 4) is 23.0 Å². The molecular weight excluding hydrogens is 942 g/mol. The number of amides is 2. The monoisotopic (exact) mass is 989 g/mol. The van der Waals surface area contributed by atoms with Crippen LogP contribution < -0.4 is 20.3 Å². The molecule has 2 aliphatic heterocycles. The molecule has 1 aromatic heterocycles. The third kappa shape index (κ3) is 7.91. The smallest absolute Gasteiger partial charge is 0.338 e. The molecule has 10 rings (SSSR count). The van der Waals surface area contributed by atoms with E-state index < -0.39 is 95.2 Å². The average Bonchev–Trinajstić information content (AvgIpc) is 3.95. The number of hydrogen-bond donors (Lipinski definition) is 7. The standard InChI is InChI=1S/C52H48ClN3O15/c1-22-45(59)32(15-39(69-22)71-38-18-52(66,51(65)68-4)17-31-42(38)49(63)44-43(47(31)61)46(60)29-6-5-7-36(67-3)41(29)48(44)62)54-20-24-8-10-28-30(12-24)40-26(19-53)21-56(33(40)16-34(28)58)50(64)37-14-25-13-27(55-23(2)57)9-11-35(25)70-37/h5-14,16,22,26,32,38-39,45,54,58-59,61,63,66H,15,17-21H2,1-4H3,(H,55,57)/t22-,26?,32-,38-,39?,45+,52-/m0/s1. The molecule has 18 nitrogen and oxygen atoms in total. The van der Waals surface area contributed by atoms with Gasteiger partial charge in [-0.25, -0.2) is 4.79 Å². The van der Waals surface area contributed by atoms with E-state index in [2.05, 4.69) is 10.6 Å². The van der Waals surface area contributed by atoms with E-state index in [-0.39, 0.29) is 76.7 Å². The largest absolute Gasteiger partial charge is 0.507 e. The molecule has 0 bridgehead atoms. The Labute approximate surface area is 409 Å². The number of benzene rings is 5. The van der Waals surface area contributed by atoms with Crippen molar-refractivity contribution in [2.24, 2.45) is 0 Å². The predicted molar refractivity (Wildman–Crippen MR) is 256 cm³/mol. The van der Waals surface area contributed by atoms with Crippen LogP contribution in [0.5, 0.6) is 23.0 Å². The molecule has 2 unspecified atom stereocenters. The number of ether oxygens (including phenoxy) is 4. The number of esters is 1. The molecular formula is C52H48ClN3O15. The second-order valence-corrected chi connectivity index (χ2v) is 18.7. The second kappa shape index (κ2) is 18.0. The van der Waals surface area contributed by atoms with Crippen molar-refractivity contribution >= 4 is 74.1 Å². The minimum atomic E-state index is -2.32. The zero-order valence-corrected chi connectivity index (χ0v) is 39.5. The minimum absolute atomic E-state index is 0.0147. The maximum absolute atomic E-state index is 14.1. The number of alkyl halides is 1. The topological polar surface area (TPSA) is 264 Å². The lowest BCUT2D eigenvalue weighted by Gasteiger charge is -2.42. The van der Waals surface area contributed by atoms with Crippen LogP contribution in [0.4, 0.5) is 11.4 Å². The van der Waals surface area contributed by atoms with Crippen LogP contribution in [0.2, 0.25) is 0 Å². The third-order valence-corrected chi connectivity index (χ3v) is 14.4. The van der Waals surface area contributed by atoms with Gasteiger partial charge in [0.15, 0.2) is 23.4 Å². The summed E-state index contributed by atoms with van der Waals surface area (Å²) in [5, 5.41) is 66.2. The van der Waals surface area contributed by atoms with E-state index in [4.69, 9.17) is 35.0 Å². The lowest BCUT2D eigenvalue weighted by atomic mass is 9.73. The van der Waals surface area contributed by atoms with Gasteiger partial charge in [0.25, 0.3) is 5.91 Å². The van der Waals surface area contributed by atoms with Crippen molar-refractivity contribution in [1.82, 2.24) is 5.32 Å². The number of phenolic OH excluding ortho intramolecular Hbond substituents is 3. The predicted octanol–water partition coefficient (Wildman–Crippen LogP) is 5.99. The van der Waals surface area contributed by atoms with E-state index in [1.807, 2.05) is 12.1 Å². The summed E-state index contributed by atoms with van der Waals surface area (Å²) in [7, 11) is 2.39. The number of ketones is 2. The first-order valence-corrected chi connectivity index (χ1v) is 23.4. The van der Waals surface area contributed by atoms with Gasteiger partial charge in [-0.05, 0) is 59.8 Å². The number of anilines is 2. The highest BCUT2D eigenvalue weighted by atomic mass is 35.5. The Bertz CT molecular complexity index is 3260. The van der Waals surface area contributed by atoms with Crippen LogP contribution in [0.3, 0.4) is 0 Å². The van der Waals surface area contributed by atoms with Crippen molar-refractivity contribution in [2.45, 2.75) is 81.8 Å². The fourth-order valence-electron chi connectivity index (χ4n) is 10.7. The molecule has 7 N–H and O–H groups in total. The van der Waals surface area contributed by atoms with Gasteiger partial charge in [0, 0.05) is 96.3 Å². The molecule has 3 heterocycles. The van der Waals surface area contributed by atoms with Gasteiger partial charge < -0.3 is 64.4 Å². The quantitative estimate of drug-likeness (QED) is 0.0471. The average molecular weight is 990 g/mol. The molecule has 368 valence electrons. The number of nitrogens with one attached hydrogen (secondary N) is 2. The van der Waals surface area contributed by atoms with Gasteiger partial charge >= 0.3 is 5.97 Å². The van der Waals surface area contributed by atoms with Crippen LogP contribution in [0, 0.1) is 0 Å². The summed E-state index contributed by atoms with van der Waals surface area (Å²) in [6.07, 6.45) is -5.66. The molecule has 2 amide bonds. The van der Waals surface area contributed by atoms with Gasteiger partial charge in [0.2, 0.25) is 11.7 Å². The number of nitrogens with zero attached hydrogens (tertiary/aromatic N) is 1. The minimum Gasteiger partial charge on any atom is -0.507 e. The summed E-state index contributed by atoms with van der Waals surface area (Å²) < 4.78 is 28.8. The van der Waals surface area contributed by atoms with Crippen molar-refractivity contribution in [2.75, 3.05) is 36.9 Å². The number of hydrogen-bond acceptors (Lipinski definition) is 16. The molecule has 5 aromatic carbocycles. The fraction of sp³-hybridized carbons (Fsp3) is 0.327. The number of aliphatic hydroxyl groups is 2. The summed E-state index contributed by atoms with van der Waals surface area (Å²) in [5.74, 6) is -4.85. The zero-order valence-electron chi connectivity index (χ0n) is 38.7. The summed E-state index contributed by atoms with van der Waals surface area (Å²) in [4.78, 5) is 68.5. The number of phenols is 3. The Balaban J connectivity index is 0.924. The van der Waals surface area contributed by atoms with E-state index in [1.54, 1.807) is 37.3 Å². The van der Waals surface area contributed by atoms with Crippen LogP contribution in [-0.4, -0.2) is 112 Å². The molecule has 0 spiro atoms. The number of halogens is 1. The summed E-state index contributed by atoms with van der Waals surface area (Å²) in [5.41, 5.74) is -0.901. The Kier molecular flexibility index (Phi) is 12.0. The molecule has 19 heteroatoms. The van der Waals surface area contributed by atoms with Gasteiger partial charge in [-0.1, -0.05) is 24.3 Å². The van der Waals surface area contributed by atoms with Gasteiger partial charge in [-0.15, -0.1) is 11.6 Å². The van der Waals surface area contributed by atoms with Gasteiger partial charge in [-0.2, -0.15) is 0 Å². The van der Waals surface area contributed by atoms with E-state index in [0.717, 1.165) is 18.2 Å². The maximum Gasteiger partial charge on any atom is 0.338 e. The molecule has 0 saturated carbocycles. The van der Waals surface area contributed by atoms with E-state index in [0.29, 0.717) is 33.1 Å². The number of furan rings is 1. The van der Waals surface area contributed by atoms with Crippen molar-refractivity contribution < 1.29 is 72.9 Å². The van der Waals surface area contributed by atoms with Gasteiger partial charge in [-0.3, -0.25) is 19.2 Å². The number of carbonyl (C=O) groups excluding carboxylic acids is 5. The van der Waals surface area contributed by atoms with E-state index >= 15 is 0 Å². The van der Waals surface area contributed by atoms with Gasteiger partial charge in [0.05, 0.1) is 54.9 Å². The highest BCUT2D eigenvalue weighted by molar-refractivity contribution is 6.31. The SMILES string of the molecule is COC(=O)[C@]1(O)Cc2c(O)c3c(c(O)c2[C@@H](OC2C[C@H](NCc4ccc5c(O)cc6c(c5c4)C(CCl)CN6C(=O)c4cc5cc(NC(C)=O)ccc5o4)[C@H](O)[C@H](C)O2)C1)C(=O)c1c(OC)cccc1C3=O. The van der Waals surface area contributed by atoms with Gasteiger partial charge in [0.1, 0.15) is 28.6 Å². The Morgan fingerprint density at radius 3 is 2.44 bits per heavy atom. The lowest BCUT2D eigenvalue weighted by molar-refractivity contribution is -0.251. The number of rotatable bonds is 10. The molecule has 71 heavy (non-hydrogen) atoms. The summed E-state index contributed by atoms with van der Waals surface area (Å²) >= 11 is 6.57. The van der Waals surface area contributed by atoms with Crippen molar-refractivity contribution in [3.63, 3.8) is 0 Å². The van der Waals surface area contributed by atoms with Crippen LogP contribution in [-0.2, 0) is 36.8 Å². The molecule has 6 aromatic rings. The van der Waals surface area contributed by atoms with Crippen LogP contribution >= 0.6 is 11.6 Å². The lowest BCUT2D eigenvalue weighted by Crippen LogP contribution is -2.54. The summed E-state index contributed by atoms with van der Waals surface area (Å²) in [6.45, 7) is 3.42. The number of methoxy groups -OCH3 is 2. The number of aromatic hydroxyl groups is 3. The normalized spacial score (nSPS) is 23.5. The number of carbonyl (C=O) groups is 5. The Morgan fingerprint density at radius 2 is 1.70 bits per heavy atom. The Morgan fingerprint density at radius 1 is 0.930 bits per heavy atom. The molecule has 7 atom stereocenters. The van der Waals surface area contributed by atoms with E-state index in [1.165, 1.54) is 43.2 Å². The molecule has 1 fully saturated rings. The number of aliphatic hydroxyl groups excluding tert-OH is 1. The highest BCUT2D eigenvalue weighted by Crippen LogP contribution is 2.53. The molecule has 4 aliphatic rings. The van der Waals surface area contributed by atoms with Crippen molar-refractivity contribution in [1.29, 1.82) is 0 Å². The molecule has 2 aliphatic carbocycles. The maximum atomic E-state index is 14.1. The third-order valence-electron chi connectivity index (χ3n) is 14.0. The zero-order chi connectivity index (χ0) is 50.4. The molecule has 1 saturated heterocycles. The number of fused-ring (bicyclic) bond motifs is 7. The first-order valence-electron chi connectivity index (χ1n) is 22.8. The molecule has 0 radical (unpaired) electrons. The summed E-state index contributed by atoms with van der Waals surface area (Å²) in [6, 6.07) is 17.3. The van der Waals surface area contributed by atoms with Crippen LogP contribution in [0.15, 0.2) is 71.1 Å². The van der Waals surface area contributed by atoms with Crippen LogP contribution in [0.1, 0.15) is 103 Å². The second-order valence-electron chi connectivity index (χ2n) is 18.4.